The highest BCUT2D eigenvalue weighted by Crippen LogP contribution is 2.23. The van der Waals surface area contributed by atoms with E-state index in [9.17, 15) is 8.42 Å². The van der Waals surface area contributed by atoms with Gasteiger partial charge in [0.05, 0.1) is 0 Å². The van der Waals surface area contributed by atoms with E-state index in [4.69, 9.17) is 9.29 Å². The Labute approximate surface area is 84.9 Å². The minimum Gasteiger partial charge on any atom is -0.368 e. The number of rotatable bonds is 4. The lowest BCUT2D eigenvalue weighted by atomic mass is 9.96. The van der Waals surface area contributed by atoms with Gasteiger partial charge < -0.3 is 4.74 Å². The van der Waals surface area contributed by atoms with E-state index in [2.05, 4.69) is 0 Å². The fraction of sp³-hybridized carbons (Fsp3) is 1.00. The Kier molecular flexibility index (Phi) is 4.31. The molecule has 0 saturated heterocycles. The first-order valence-electron chi connectivity index (χ1n) is 4.79. The summed E-state index contributed by atoms with van der Waals surface area (Å²) in [5, 5.41) is 0. The van der Waals surface area contributed by atoms with Crippen LogP contribution in [0.2, 0.25) is 0 Å². The molecule has 0 aliphatic heterocycles. The maximum Gasteiger partial charge on any atom is 0.338 e. The first-order valence-corrected chi connectivity index (χ1v) is 6.18. The lowest BCUT2D eigenvalue weighted by Gasteiger charge is -2.30. The van der Waals surface area contributed by atoms with Crippen LogP contribution in [0, 0.1) is 0 Å². The normalized spacial score (nSPS) is 20.2. The third-order valence-corrected chi connectivity index (χ3v) is 3.53. The second-order valence-electron chi connectivity index (χ2n) is 3.57. The molecule has 1 aliphatic carbocycles. The highest BCUT2D eigenvalue weighted by atomic mass is 32.2. The molecule has 0 radical (unpaired) electrons. The second-order valence-corrected chi connectivity index (χ2v) is 4.94. The summed E-state index contributed by atoms with van der Waals surface area (Å²) >= 11 is 0. The third kappa shape index (κ3) is 3.20. The van der Waals surface area contributed by atoms with Crippen molar-refractivity contribution in [3.8, 4) is 0 Å². The zero-order valence-corrected chi connectivity index (χ0v) is 9.16. The van der Waals surface area contributed by atoms with Gasteiger partial charge in [-0.05, 0) is 12.8 Å². The molecule has 0 amide bonds. The summed E-state index contributed by atoms with van der Waals surface area (Å²) < 4.78 is 36.8. The zero-order valence-electron chi connectivity index (χ0n) is 8.35. The molecular formula is C8H17NO4S. The third-order valence-electron chi connectivity index (χ3n) is 2.53. The molecule has 0 aromatic heterocycles. The Bertz CT molecular complexity index is 259. The van der Waals surface area contributed by atoms with E-state index in [0.29, 0.717) is 0 Å². The Morgan fingerprint density at radius 3 is 2.36 bits per heavy atom. The molecule has 1 rings (SSSR count). The smallest absolute Gasteiger partial charge is 0.338 e. The van der Waals surface area contributed by atoms with Crippen molar-refractivity contribution in [2.24, 2.45) is 0 Å². The summed E-state index contributed by atoms with van der Waals surface area (Å²) in [5.74, 6) is 0. The van der Waals surface area contributed by atoms with E-state index in [-0.39, 0.29) is 12.8 Å². The molecule has 1 aliphatic rings. The maximum atomic E-state index is 11.0. The molecule has 84 valence electrons. The first kappa shape index (κ1) is 11.9. The van der Waals surface area contributed by atoms with Crippen molar-refractivity contribution >= 4 is 10.3 Å². The van der Waals surface area contributed by atoms with Crippen LogP contribution in [0.4, 0.5) is 0 Å². The molecule has 0 aromatic carbocycles. The highest BCUT2D eigenvalue weighted by molar-refractivity contribution is 7.83. The number of nitrogens with zero attached hydrogens (tertiary/aromatic N) is 1. The molecule has 0 spiro atoms. The minimum atomic E-state index is -4.12. The number of ether oxygens (including phenoxy) is 1. The molecular weight excluding hydrogens is 206 g/mol. The second kappa shape index (κ2) is 5.06. The standard InChI is InChI=1S/C8H17NO4S/c1-13-7-9(14(10,11)12)8-5-3-2-4-6-8/h8H,2-7H2,1H3,(H,10,11,12). The Morgan fingerprint density at radius 2 is 1.93 bits per heavy atom. The van der Waals surface area contributed by atoms with Gasteiger partial charge in [0.2, 0.25) is 0 Å². The Hall–Kier alpha value is -0.170. The average Bonchev–Trinajstić information content (AvgIpc) is 2.14. The van der Waals surface area contributed by atoms with E-state index >= 15 is 0 Å². The highest BCUT2D eigenvalue weighted by Gasteiger charge is 2.29. The van der Waals surface area contributed by atoms with Gasteiger partial charge in [-0.15, -0.1) is 0 Å². The van der Waals surface area contributed by atoms with E-state index < -0.39 is 10.3 Å². The van der Waals surface area contributed by atoms with Crippen LogP contribution in [0.25, 0.3) is 0 Å². The van der Waals surface area contributed by atoms with Crippen molar-refractivity contribution in [2.45, 2.75) is 38.1 Å². The lowest BCUT2D eigenvalue weighted by Crippen LogP contribution is -2.42. The largest absolute Gasteiger partial charge is 0.368 e. The van der Waals surface area contributed by atoms with Crippen molar-refractivity contribution in [1.29, 1.82) is 0 Å². The van der Waals surface area contributed by atoms with Gasteiger partial charge in [0.1, 0.15) is 6.73 Å². The quantitative estimate of drug-likeness (QED) is 0.571. The average molecular weight is 223 g/mol. The number of hydrogen-bond acceptors (Lipinski definition) is 3. The summed E-state index contributed by atoms with van der Waals surface area (Å²) in [6, 6.07) is -0.0984. The molecule has 1 fully saturated rings. The van der Waals surface area contributed by atoms with Crippen LogP contribution in [-0.2, 0) is 15.0 Å². The van der Waals surface area contributed by atoms with E-state index in [1.165, 1.54) is 7.11 Å². The molecule has 1 saturated carbocycles. The van der Waals surface area contributed by atoms with Crippen LogP contribution >= 0.6 is 0 Å². The molecule has 0 bridgehead atoms. The van der Waals surface area contributed by atoms with Gasteiger partial charge in [0.15, 0.2) is 0 Å². The van der Waals surface area contributed by atoms with Gasteiger partial charge in [0, 0.05) is 13.2 Å². The van der Waals surface area contributed by atoms with E-state index in [1.54, 1.807) is 0 Å². The first-order chi connectivity index (χ1) is 6.55. The maximum absolute atomic E-state index is 11.0. The van der Waals surface area contributed by atoms with Crippen LogP contribution in [0.5, 0.6) is 0 Å². The van der Waals surface area contributed by atoms with Crippen molar-refractivity contribution in [2.75, 3.05) is 13.8 Å². The fourth-order valence-electron chi connectivity index (χ4n) is 1.86. The van der Waals surface area contributed by atoms with Crippen molar-refractivity contribution in [3.63, 3.8) is 0 Å². The monoisotopic (exact) mass is 223 g/mol. The van der Waals surface area contributed by atoms with Gasteiger partial charge in [-0.25, -0.2) is 0 Å². The topological polar surface area (TPSA) is 66.8 Å². The van der Waals surface area contributed by atoms with Gasteiger partial charge in [-0.2, -0.15) is 12.7 Å². The van der Waals surface area contributed by atoms with Crippen LogP contribution < -0.4 is 0 Å². The molecule has 14 heavy (non-hydrogen) atoms. The molecule has 0 heterocycles. The predicted molar refractivity (Wildman–Crippen MR) is 52.1 cm³/mol. The summed E-state index contributed by atoms with van der Waals surface area (Å²) in [5.41, 5.74) is 0. The van der Waals surface area contributed by atoms with E-state index in [1.807, 2.05) is 0 Å². The summed E-state index contributed by atoms with van der Waals surface area (Å²) in [6.45, 7) is -0.0660. The van der Waals surface area contributed by atoms with Gasteiger partial charge in [-0.3, -0.25) is 4.55 Å². The van der Waals surface area contributed by atoms with Gasteiger partial charge in [-0.1, -0.05) is 19.3 Å². The molecule has 0 aromatic rings. The molecule has 5 nitrogen and oxygen atoms in total. The predicted octanol–water partition coefficient (Wildman–Crippen LogP) is 1.03. The fourth-order valence-corrected chi connectivity index (χ4v) is 2.68. The molecule has 1 N–H and O–H groups in total. The van der Waals surface area contributed by atoms with Crippen LogP contribution in [0.15, 0.2) is 0 Å². The van der Waals surface area contributed by atoms with Crippen LogP contribution in [-0.4, -0.2) is 37.2 Å². The zero-order chi connectivity index (χ0) is 10.6. The van der Waals surface area contributed by atoms with Gasteiger partial charge in [0.25, 0.3) is 0 Å². The number of hydrogen-bond donors (Lipinski definition) is 1. The van der Waals surface area contributed by atoms with Crippen molar-refractivity contribution in [1.82, 2.24) is 4.31 Å². The number of methoxy groups -OCH3 is 1. The van der Waals surface area contributed by atoms with Crippen molar-refractivity contribution in [3.05, 3.63) is 0 Å². The van der Waals surface area contributed by atoms with Gasteiger partial charge >= 0.3 is 10.3 Å². The summed E-state index contributed by atoms with van der Waals surface area (Å²) in [4.78, 5) is 0. The molecule has 0 atom stereocenters. The Balaban J connectivity index is 2.66. The molecule has 0 unspecified atom stereocenters. The van der Waals surface area contributed by atoms with Crippen LogP contribution in [0.1, 0.15) is 32.1 Å². The van der Waals surface area contributed by atoms with Crippen molar-refractivity contribution < 1.29 is 17.7 Å². The minimum absolute atomic E-state index is 0.0660. The molecule has 6 heteroatoms. The summed E-state index contributed by atoms with van der Waals surface area (Å²) in [7, 11) is -2.70. The lowest BCUT2D eigenvalue weighted by molar-refractivity contribution is 0.0750. The van der Waals surface area contributed by atoms with E-state index in [0.717, 1.165) is 36.4 Å². The Morgan fingerprint density at radius 1 is 1.36 bits per heavy atom. The summed E-state index contributed by atoms with van der Waals surface area (Å²) in [6.07, 6.45) is 4.79. The van der Waals surface area contributed by atoms with Crippen LogP contribution in [0.3, 0.4) is 0 Å². The SMILES string of the molecule is COCN(C1CCCCC1)S(=O)(=O)O.